The molecule has 0 atom stereocenters. The number of carbonyl (C=O) groups excluding carboxylic acids is 1. The SMILES string of the molecule is COCC(C)(C)COc1c(-c2ccc3c(c2)COC3=O)ccc(OC(F)F)c1OC. The number of methoxy groups -OCH3 is 2. The fraction of sp³-hybridized carbons (Fsp3) is 0.409. The summed E-state index contributed by atoms with van der Waals surface area (Å²) < 4.78 is 52.1. The minimum absolute atomic E-state index is 0.0637. The van der Waals surface area contributed by atoms with E-state index in [9.17, 15) is 13.6 Å². The molecular weight excluding hydrogens is 398 g/mol. The molecule has 0 amide bonds. The van der Waals surface area contributed by atoms with Crippen molar-refractivity contribution in [2.45, 2.75) is 27.1 Å². The number of halogens is 2. The standard InChI is InChI=1S/C22H24F2O6/c1-22(2,11-26-3)12-29-18-15(7-8-17(19(18)27-4)30-21(23)24)13-5-6-16-14(9-13)10-28-20(16)25/h5-9,21H,10-12H2,1-4H3. The number of cyclic esters (lactones) is 1. The van der Waals surface area contributed by atoms with Crippen LogP contribution in [0.4, 0.5) is 8.78 Å². The summed E-state index contributed by atoms with van der Waals surface area (Å²) in [5.74, 6) is -0.165. The van der Waals surface area contributed by atoms with E-state index in [4.69, 9.17) is 18.9 Å². The van der Waals surface area contributed by atoms with Crippen LogP contribution < -0.4 is 14.2 Å². The lowest BCUT2D eigenvalue weighted by atomic mass is 9.96. The monoisotopic (exact) mass is 422 g/mol. The van der Waals surface area contributed by atoms with Gasteiger partial charge in [0.25, 0.3) is 0 Å². The van der Waals surface area contributed by atoms with E-state index in [-0.39, 0.29) is 41.8 Å². The van der Waals surface area contributed by atoms with Crippen molar-refractivity contribution in [2.24, 2.45) is 5.41 Å². The van der Waals surface area contributed by atoms with Gasteiger partial charge in [-0.15, -0.1) is 0 Å². The molecule has 0 spiro atoms. The number of ether oxygens (including phenoxy) is 5. The van der Waals surface area contributed by atoms with Gasteiger partial charge in [-0.05, 0) is 29.8 Å². The normalized spacial score (nSPS) is 13.2. The summed E-state index contributed by atoms with van der Waals surface area (Å²) in [7, 11) is 2.96. The molecule has 2 aromatic carbocycles. The van der Waals surface area contributed by atoms with E-state index in [2.05, 4.69) is 4.74 Å². The second-order valence-electron chi connectivity index (χ2n) is 7.69. The second-order valence-corrected chi connectivity index (χ2v) is 7.69. The zero-order valence-electron chi connectivity index (χ0n) is 17.3. The van der Waals surface area contributed by atoms with Crippen LogP contribution in [0.2, 0.25) is 0 Å². The molecule has 3 rings (SSSR count). The second kappa shape index (κ2) is 8.87. The Bertz CT molecular complexity index is 926. The number of hydrogen-bond donors (Lipinski definition) is 0. The molecule has 162 valence electrons. The van der Waals surface area contributed by atoms with Crippen LogP contribution in [0, 0.1) is 5.41 Å². The van der Waals surface area contributed by atoms with Gasteiger partial charge in [0.1, 0.15) is 6.61 Å². The van der Waals surface area contributed by atoms with Crippen molar-refractivity contribution in [1.29, 1.82) is 0 Å². The van der Waals surface area contributed by atoms with Crippen LogP contribution in [0.1, 0.15) is 29.8 Å². The zero-order chi connectivity index (χ0) is 21.9. The number of alkyl halides is 2. The Labute approximate surface area is 173 Å². The number of rotatable bonds is 9. The smallest absolute Gasteiger partial charge is 0.387 e. The molecule has 0 bridgehead atoms. The van der Waals surface area contributed by atoms with Gasteiger partial charge in [0, 0.05) is 23.7 Å². The van der Waals surface area contributed by atoms with Gasteiger partial charge < -0.3 is 23.7 Å². The van der Waals surface area contributed by atoms with Crippen molar-refractivity contribution in [3.05, 3.63) is 41.5 Å². The lowest BCUT2D eigenvalue weighted by molar-refractivity contribution is -0.0514. The Kier molecular flexibility index (Phi) is 6.45. The molecule has 1 heterocycles. The Morgan fingerprint density at radius 1 is 1.07 bits per heavy atom. The molecule has 0 saturated heterocycles. The molecule has 30 heavy (non-hydrogen) atoms. The average molecular weight is 422 g/mol. The number of benzene rings is 2. The van der Waals surface area contributed by atoms with Crippen LogP contribution in [-0.4, -0.2) is 40.0 Å². The van der Waals surface area contributed by atoms with E-state index >= 15 is 0 Å². The Morgan fingerprint density at radius 3 is 2.47 bits per heavy atom. The number of fused-ring (bicyclic) bond motifs is 1. The first-order valence-electron chi connectivity index (χ1n) is 9.33. The van der Waals surface area contributed by atoms with Crippen LogP contribution in [0.3, 0.4) is 0 Å². The Hall–Kier alpha value is -2.87. The van der Waals surface area contributed by atoms with Crippen molar-refractivity contribution in [2.75, 3.05) is 27.4 Å². The largest absolute Gasteiger partial charge is 0.490 e. The predicted molar refractivity (Wildman–Crippen MR) is 105 cm³/mol. The fourth-order valence-electron chi connectivity index (χ4n) is 3.30. The summed E-state index contributed by atoms with van der Waals surface area (Å²) in [6.07, 6.45) is 0. The van der Waals surface area contributed by atoms with E-state index in [0.717, 1.165) is 11.1 Å². The van der Waals surface area contributed by atoms with Gasteiger partial charge in [-0.25, -0.2) is 4.79 Å². The summed E-state index contributed by atoms with van der Waals surface area (Å²) in [6.45, 7) is 1.78. The molecular formula is C22H24F2O6. The van der Waals surface area contributed by atoms with Gasteiger partial charge in [0.2, 0.25) is 5.75 Å². The van der Waals surface area contributed by atoms with E-state index < -0.39 is 6.61 Å². The Balaban J connectivity index is 2.06. The van der Waals surface area contributed by atoms with E-state index in [1.165, 1.54) is 13.2 Å². The molecule has 0 N–H and O–H groups in total. The van der Waals surface area contributed by atoms with Crippen LogP contribution in [-0.2, 0) is 16.1 Å². The van der Waals surface area contributed by atoms with Crippen molar-refractivity contribution in [3.8, 4) is 28.4 Å². The highest BCUT2D eigenvalue weighted by Crippen LogP contribution is 2.46. The summed E-state index contributed by atoms with van der Waals surface area (Å²) in [5, 5.41) is 0. The number of hydrogen-bond acceptors (Lipinski definition) is 6. The minimum atomic E-state index is -3.01. The predicted octanol–water partition coefficient (Wildman–Crippen LogP) is 4.69. The molecule has 0 saturated carbocycles. The topological polar surface area (TPSA) is 63.2 Å². The molecule has 0 fully saturated rings. The molecule has 6 nitrogen and oxygen atoms in total. The Morgan fingerprint density at radius 2 is 1.80 bits per heavy atom. The van der Waals surface area contributed by atoms with Crippen LogP contribution in [0.15, 0.2) is 30.3 Å². The van der Waals surface area contributed by atoms with Crippen LogP contribution in [0.5, 0.6) is 17.2 Å². The first kappa shape index (κ1) is 21.8. The molecule has 8 heteroatoms. The van der Waals surface area contributed by atoms with Crippen LogP contribution in [0.25, 0.3) is 11.1 Å². The number of carbonyl (C=O) groups is 1. The molecule has 1 aliphatic heterocycles. The zero-order valence-corrected chi connectivity index (χ0v) is 17.3. The third-order valence-corrected chi connectivity index (χ3v) is 4.63. The highest BCUT2D eigenvalue weighted by molar-refractivity contribution is 5.94. The summed E-state index contributed by atoms with van der Waals surface area (Å²) in [5.41, 5.74) is 2.26. The van der Waals surface area contributed by atoms with Gasteiger partial charge in [-0.2, -0.15) is 8.78 Å². The third kappa shape index (κ3) is 4.64. The number of esters is 1. The minimum Gasteiger partial charge on any atom is -0.490 e. The van der Waals surface area contributed by atoms with Gasteiger partial charge in [-0.1, -0.05) is 19.9 Å². The third-order valence-electron chi connectivity index (χ3n) is 4.63. The first-order valence-corrected chi connectivity index (χ1v) is 9.33. The maximum atomic E-state index is 12.9. The van der Waals surface area contributed by atoms with Gasteiger partial charge in [-0.3, -0.25) is 0 Å². The highest BCUT2D eigenvalue weighted by atomic mass is 19.3. The summed E-state index contributed by atoms with van der Waals surface area (Å²) >= 11 is 0. The molecule has 2 aromatic rings. The lowest BCUT2D eigenvalue weighted by Gasteiger charge is -2.26. The van der Waals surface area contributed by atoms with Crippen molar-refractivity contribution in [3.63, 3.8) is 0 Å². The van der Waals surface area contributed by atoms with Crippen LogP contribution >= 0.6 is 0 Å². The van der Waals surface area contributed by atoms with E-state index in [1.54, 1.807) is 25.3 Å². The molecule has 0 radical (unpaired) electrons. The molecule has 0 aliphatic carbocycles. The van der Waals surface area contributed by atoms with Crippen molar-refractivity contribution >= 4 is 5.97 Å². The average Bonchev–Trinajstić information content (AvgIpc) is 3.06. The molecule has 1 aliphatic rings. The maximum absolute atomic E-state index is 12.9. The molecule has 0 unspecified atom stereocenters. The van der Waals surface area contributed by atoms with Gasteiger partial charge >= 0.3 is 12.6 Å². The quantitative estimate of drug-likeness (QED) is 0.547. The lowest BCUT2D eigenvalue weighted by Crippen LogP contribution is -2.26. The van der Waals surface area contributed by atoms with E-state index in [1.807, 2.05) is 19.9 Å². The fourth-order valence-corrected chi connectivity index (χ4v) is 3.30. The van der Waals surface area contributed by atoms with Crippen molar-refractivity contribution < 1.29 is 37.3 Å². The maximum Gasteiger partial charge on any atom is 0.387 e. The van der Waals surface area contributed by atoms with Gasteiger partial charge in [0.05, 0.1) is 25.9 Å². The van der Waals surface area contributed by atoms with Crippen molar-refractivity contribution in [1.82, 2.24) is 0 Å². The summed E-state index contributed by atoms with van der Waals surface area (Å²) in [4.78, 5) is 11.7. The first-order chi connectivity index (χ1) is 14.3. The van der Waals surface area contributed by atoms with E-state index in [0.29, 0.717) is 17.7 Å². The van der Waals surface area contributed by atoms with Gasteiger partial charge in [0.15, 0.2) is 11.5 Å². The molecule has 0 aromatic heterocycles. The summed E-state index contributed by atoms with van der Waals surface area (Å²) in [6, 6.07) is 8.27. The highest BCUT2D eigenvalue weighted by Gasteiger charge is 2.26.